The van der Waals surface area contributed by atoms with Gasteiger partial charge in [-0.15, -0.1) is 13.2 Å². The van der Waals surface area contributed by atoms with Gasteiger partial charge in [-0.2, -0.15) is 0 Å². The van der Waals surface area contributed by atoms with E-state index >= 15 is 0 Å². The number of nitrogens with one attached hydrogen (secondary N) is 1. The largest absolute Gasteiger partial charge is 0.573 e. The van der Waals surface area contributed by atoms with Crippen LogP contribution in [0.25, 0.3) is 0 Å². The SMILES string of the molecule is CC1C(=O)N(c2ccc(OC(F)(F)F)cc2)C(=O)N1Cc1ccnc(NC(=O)C2CCN(C)CC2)c1. The number of urea groups is 1. The summed E-state index contributed by atoms with van der Waals surface area (Å²) in [5.41, 5.74) is 0.794. The molecule has 192 valence electrons. The highest BCUT2D eigenvalue weighted by molar-refractivity contribution is 6.21. The smallest absolute Gasteiger partial charge is 0.406 e. The maximum Gasteiger partial charge on any atom is 0.573 e. The maximum absolute atomic E-state index is 13.1. The van der Waals surface area contributed by atoms with Crippen molar-refractivity contribution in [2.75, 3.05) is 30.4 Å². The highest BCUT2D eigenvalue weighted by Gasteiger charge is 2.43. The monoisotopic (exact) mass is 505 g/mol. The van der Waals surface area contributed by atoms with E-state index in [0.717, 1.165) is 43.0 Å². The van der Waals surface area contributed by atoms with Crippen LogP contribution in [0, 0.1) is 5.92 Å². The summed E-state index contributed by atoms with van der Waals surface area (Å²) in [6.45, 7) is 3.36. The Kier molecular flexibility index (Phi) is 7.16. The second-order valence-corrected chi connectivity index (χ2v) is 8.92. The number of alkyl halides is 3. The Morgan fingerprint density at radius 2 is 1.81 bits per heavy atom. The Morgan fingerprint density at radius 3 is 2.44 bits per heavy atom. The number of halogens is 3. The van der Waals surface area contributed by atoms with Crippen molar-refractivity contribution < 1.29 is 32.3 Å². The Balaban J connectivity index is 1.43. The lowest BCUT2D eigenvalue weighted by Crippen LogP contribution is -2.36. The highest BCUT2D eigenvalue weighted by Crippen LogP contribution is 2.30. The van der Waals surface area contributed by atoms with Crippen molar-refractivity contribution in [3.63, 3.8) is 0 Å². The van der Waals surface area contributed by atoms with Crippen molar-refractivity contribution in [2.24, 2.45) is 5.92 Å². The number of hydrogen-bond donors (Lipinski definition) is 1. The minimum Gasteiger partial charge on any atom is -0.406 e. The molecule has 2 aliphatic rings. The summed E-state index contributed by atoms with van der Waals surface area (Å²) in [5.74, 6) is -0.793. The second-order valence-electron chi connectivity index (χ2n) is 8.92. The van der Waals surface area contributed by atoms with E-state index in [1.807, 2.05) is 7.05 Å². The number of pyridine rings is 1. The molecular weight excluding hydrogens is 479 g/mol. The molecule has 1 unspecified atom stereocenters. The molecule has 36 heavy (non-hydrogen) atoms. The maximum atomic E-state index is 13.1. The molecule has 1 atom stereocenters. The summed E-state index contributed by atoms with van der Waals surface area (Å²) in [4.78, 5) is 47.2. The Bertz CT molecular complexity index is 1130. The number of imide groups is 1. The van der Waals surface area contributed by atoms with E-state index in [1.54, 1.807) is 19.1 Å². The summed E-state index contributed by atoms with van der Waals surface area (Å²) in [6.07, 6.45) is -1.79. The number of amides is 4. The van der Waals surface area contributed by atoms with Gasteiger partial charge in [0.25, 0.3) is 5.91 Å². The second kappa shape index (κ2) is 10.1. The molecule has 12 heteroatoms. The topological polar surface area (TPSA) is 95.1 Å². The lowest BCUT2D eigenvalue weighted by molar-refractivity contribution is -0.274. The normalized spacial score (nSPS) is 19.6. The summed E-state index contributed by atoms with van der Waals surface area (Å²) in [6, 6.07) is 6.45. The lowest BCUT2D eigenvalue weighted by atomic mass is 9.96. The van der Waals surface area contributed by atoms with Gasteiger partial charge in [0.15, 0.2) is 0 Å². The van der Waals surface area contributed by atoms with Gasteiger partial charge < -0.3 is 19.9 Å². The van der Waals surface area contributed by atoms with Crippen molar-refractivity contribution in [3.05, 3.63) is 48.2 Å². The average Bonchev–Trinajstić information content (AvgIpc) is 3.02. The third-order valence-corrected chi connectivity index (χ3v) is 6.33. The number of benzene rings is 1. The zero-order valence-electron chi connectivity index (χ0n) is 19.8. The van der Waals surface area contributed by atoms with Crippen LogP contribution in [0.2, 0.25) is 0 Å². The van der Waals surface area contributed by atoms with Crippen molar-refractivity contribution in [2.45, 2.75) is 38.7 Å². The fourth-order valence-corrected chi connectivity index (χ4v) is 4.28. The van der Waals surface area contributed by atoms with Crippen LogP contribution in [0.1, 0.15) is 25.3 Å². The van der Waals surface area contributed by atoms with Crippen molar-refractivity contribution in [1.29, 1.82) is 0 Å². The molecular formula is C24H26F3N5O4. The first-order valence-corrected chi connectivity index (χ1v) is 11.5. The number of piperidine rings is 1. The first-order valence-electron chi connectivity index (χ1n) is 11.5. The molecule has 2 aromatic rings. The first kappa shape index (κ1) is 25.4. The lowest BCUT2D eigenvalue weighted by Gasteiger charge is -2.28. The molecule has 9 nitrogen and oxygen atoms in total. The van der Waals surface area contributed by atoms with Crippen LogP contribution in [-0.4, -0.2) is 65.2 Å². The molecule has 1 aromatic carbocycles. The van der Waals surface area contributed by atoms with E-state index < -0.39 is 30.1 Å². The molecule has 4 amide bonds. The van der Waals surface area contributed by atoms with Crippen LogP contribution in [0.3, 0.4) is 0 Å². The number of hydrogen-bond acceptors (Lipinski definition) is 6. The average molecular weight is 505 g/mol. The Morgan fingerprint density at radius 1 is 1.14 bits per heavy atom. The molecule has 2 aliphatic heterocycles. The van der Waals surface area contributed by atoms with Gasteiger partial charge in [0, 0.05) is 18.7 Å². The van der Waals surface area contributed by atoms with Crippen molar-refractivity contribution in [3.8, 4) is 5.75 Å². The standard InChI is InChI=1S/C24H26F3N5O4/c1-15-22(34)32(18-3-5-19(6-4-18)36-24(25,26)27)23(35)31(15)14-16-7-10-28-20(13-16)29-21(33)17-8-11-30(2)12-9-17/h3-7,10,13,15,17H,8-9,11-12,14H2,1-2H3,(H,28,29,33). The van der Waals surface area contributed by atoms with E-state index in [-0.39, 0.29) is 24.1 Å². The van der Waals surface area contributed by atoms with Gasteiger partial charge in [-0.1, -0.05) is 0 Å². The van der Waals surface area contributed by atoms with Crippen LogP contribution >= 0.6 is 0 Å². The molecule has 0 bridgehead atoms. The Hall–Kier alpha value is -3.67. The van der Waals surface area contributed by atoms with Crippen LogP contribution in [-0.2, 0) is 16.1 Å². The molecule has 1 N–H and O–H groups in total. The Labute approximate surface area is 205 Å². The minimum atomic E-state index is -4.85. The molecule has 3 heterocycles. The third kappa shape index (κ3) is 5.76. The molecule has 0 radical (unpaired) electrons. The number of anilines is 2. The third-order valence-electron chi connectivity index (χ3n) is 6.33. The molecule has 4 rings (SSSR count). The van der Waals surface area contributed by atoms with E-state index in [4.69, 9.17) is 0 Å². The fraction of sp³-hybridized carbons (Fsp3) is 0.417. The molecule has 2 fully saturated rings. The van der Waals surface area contributed by atoms with Gasteiger partial charge >= 0.3 is 12.4 Å². The van der Waals surface area contributed by atoms with Gasteiger partial charge in [0.05, 0.1) is 5.69 Å². The summed E-state index contributed by atoms with van der Waals surface area (Å²) in [5, 5.41) is 2.84. The molecule has 2 saturated heterocycles. The van der Waals surface area contributed by atoms with Crippen molar-refractivity contribution in [1.82, 2.24) is 14.8 Å². The van der Waals surface area contributed by atoms with Gasteiger partial charge in [-0.05, 0) is 81.9 Å². The van der Waals surface area contributed by atoms with E-state index in [9.17, 15) is 27.6 Å². The molecule has 0 saturated carbocycles. The predicted molar refractivity (Wildman–Crippen MR) is 124 cm³/mol. The zero-order chi connectivity index (χ0) is 26.0. The number of carbonyl (C=O) groups excluding carboxylic acids is 3. The molecule has 0 spiro atoms. The summed E-state index contributed by atoms with van der Waals surface area (Å²) >= 11 is 0. The van der Waals surface area contributed by atoms with Crippen LogP contribution in [0.5, 0.6) is 5.75 Å². The predicted octanol–water partition coefficient (Wildman–Crippen LogP) is 3.62. The minimum absolute atomic E-state index is 0.0805. The van der Waals surface area contributed by atoms with Crippen LogP contribution in [0.15, 0.2) is 42.6 Å². The number of carbonyl (C=O) groups is 3. The zero-order valence-corrected chi connectivity index (χ0v) is 19.8. The van der Waals surface area contributed by atoms with E-state index in [1.165, 1.54) is 23.2 Å². The van der Waals surface area contributed by atoms with E-state index in [2.05, 4.69) is 19.9 Å². The van der Waals surface area contributed by atoms with Gasteiger partial charge in [-0.3, -0.25) is 9.59 Å². The van der Waals surface area contributed by atoms with Crippen LogP contribution < -0.4 is 15.0 Å². The quantitative estimate of drug-likeness (QED) is 0.603. The summed E-state index contributed by atoms with van der Waals surface area (Å²) in [7, 11) is 2.02. The van der Waals surface area contributed by atoms with Crippen LogP contribution in [0.4, 0.5) is 29.5 Å². The molecule has 0 aliphatic carbocycles. The van der Waals surface area contributed by atoms with Gasteiger partial charge in [-0.25, -0.2) is 14.7 Å². The number of aromatic nitrogens is 1. The summed E-state index contributed by atoms with van der Waals surface area (Å²) < 4.78 is 41.1. The fourth-order valence-electron chi connectivity index (χ4n) is 4.28. The number of nitrogens with zero attached hydrogens (tertiary/aromatic N) is 4. The van der Waals surface area contributed by atoms with Crippen molar-refractivity contribution >= 4 is 29.4 Å². The van der Waals surface area contributed by atoms with E-state index in [0.29, 0.717) is 11.4 Å². The highest BCUT2D eigenvalue weighted by atomic mass is 19.4. The molecule has 1 aromatic heterocycles. The van der Waals surface area contributed by atoms with Gasteiger partial charge in [0.2, 0.25) is 5.91 Å². The number of likely N-dealkylation sites (tertiary alicyclic amines) is 1. The van der Waals surface area contributed by atoms with Gasteiger partial charge in [0.1, 0.15) is 17.6 Å². The first-order chi connectivity index (χ1) is 17.0. The number of ether oxygens (including phenoxy) is 1. The number of rotatable bonds is 6.